The van der Waals surface area contributed by atoms with Gasteiger partial charge in [0, 0.05) is 0 Å². The summed E-state index contributed by atoms with van der Waals surface area (Å²) in [5.41, 5.74) is 5.49. The van der Waals surface area contributed by atoms with Crippen molar-refractivity contribution in [3.05, 3.63) is 0 Å². The van der Waals surface area contributed by atoms with Crippen LogP contribution in [0.5, 0.6) is 0 Å². The summed E-state index contributed by atoms with van der Waals surface area (Å²) in [6.45, 7) is 0. The number of hydrogen-bond donors (Lipinski definition) is 4. The molecule has 2 heterocycles. The lowest BCUT2D eigenvalue weighted by Gasteiger charge is -2.37. The summed E-state index contributed by atoms with van der Waals surface area (Å²) in [5.74, 6) is 0.272. The van der Waals surface area contributed by atoms with Gasteiger partial charge in [0.15, 0.2) is 5.96 Å². The predicted molar refractivity (Wildman–Crippen MR) is 43.0 cm³/mol. The molecule has 2 fully saturated rings. The molecule has 0 aromatic carbocycles. The molecule has 6 atom stereocenters. The van der Waals surface area contributed by atoms with E-state index < -0.39 is 18.2 Å². The Hall–Kier alpha value is -0.850. The minimum atomic E-state index is -0.725. The molecule has 3 rings (SSSR count). The lowest BCUT2D eigenvalue weighted by molar-refractivity contribution is 0.0110. The standard InChI is InChI=1S/C7H11N3O3/c8-7-9-1-3(11)2(10-7)5-6(13-5)4(1)12/h1-6,11-12H,(H3,8,9,10)/t1-,2+,3-,4+,5-,6+/m1/s1. The van der Waals surface area contributed by atoms with E-state index >= 15 is 0 Å². The maximum Gasteiger partial charge on any atom is 0.189 e. The van der Waals surface area contributed by atoms with Gasteiger partial charge in [-0.15, -0.1) is 0 Å². The van der Waals surface area contributed by atoms with Crippen molar-refractivity contribution >= 4 is 5.96 Å². The lowest BCUT2D eigenvalue weighted by atomic mass is 9.85. The molecular weight excluding hydrogens is 174 g/mol. The van der Waals surface area contributed by atoms with E-state index in [0.29, 0.717) is 0 Å². The van der Waals surface area contributed by atoms with E-state index in [9.17, 15) is 10.2 Å². The van der Waals surface area contributed by atoms with Crippen molar-refractivity contribution < 1.29 is 14.9 Å². The van der Waals surface area contributed by atoms with E-state index in [-0.39, 0.29) is 24.2 Å². The maximum atomic E-state index is 9.71. The molecule has 0 amide bonds. The number of aliphatic hydroxyl groups is 2. The molecule has 5 N–H and O–H groups in total. The molecule has 0 aromatic heterocycles. The summed E-state index contributed by atoms with van der Waals surface area (Å²) in [4.78, 5) is 3.94. The van der Waals surface area contributed by atoms with Gasteiger partial charge in [0.05, 0.1) is 6.04 Å². The third-order valence-corrected chi connectivity index (χ3v) is 2.92. The molecule has 1 saturated carbocycles. The number of fused-ring (bicyclic) bond motifs is 4. The van der Waals surface area contributed by atoms with Crippen molar-refractivity contribution in [1.82, 2.24) is 5.32 Å². The first-order valence-corrected chi connectivity index (χ1v) is 4.30. The Bertz CT molecular complexity index is 282. The quantitative estimate of drug-likeness (QED) is 0.304. The Morgan fingerprint density at radius 2 is 2.08 bits per heavy atom. The van der Waals surface area contributed by atoms with Gasteiger partial charge >= 0.3 is 0 Å². The van der Waals surface area contributed by atoms with Crippen molar-refractivity contribution in [3.63, 3.8) is 0 Å². The highest BCUT2D eigenvalue weighted by Gasteiger charge is 2.62. The van der Waals surface area contributed by atoms with Gasteiger partial charge in [-0.3, -0.25) is 0 Å². The number of ether oxygens (including phenoxy) is 1. The number of aliphatic hydroxyl groups excluding tert-OH is 2. The Labute approximate surface area is 74.4 Å². The van der Waals surface area contributed by atoms with E-state index in [2.05, 4.69) is 10.3 Å². The number of aliphatic imine (C=N–C) groups is 1. The molecule has 0 spiro atoms. The van der Waals surface area contributed by atoms with Crippen LogP contribution in [0, 0.1) is 0 Å². The first-order valence-electron chi connectivity index (χ1n) is 4.30. The number of guanidine groups is 1. The normalized spacial score (nSPS) is 57.5. The number of nitrogens with two attached hydrogens (primary N) is 1. The van der Waals surface area contributed by atoms with Gasteiger partial charge in [-0.05, 0) is 0 Å². The van der Waals surface area contributed by atoms with Gasteiger partial charge in [-0.1, -0.05) is 0 Å². The molecule has 0 unspecified atom stereocenters. The SMILES string of the molecule is NC1=N[C@@H]2[C@@H](O)[C@H](N1)[C@H]1O[C@H]1[C@H]2O. The van der Waals surface area contributed by atoms with Crippen LogP contribution in [0.4, 0.5) is 0 Å². The molecule has 3 aliphatic rings. The molecule has 1 saturated heterocycles. The molecule has 0 radical (unpaired) electrons. The predicted octanol–water partition coefficient (Wildman–Crippen LogP) is -2.86. The second-order valence-corrected chi connectivity index (χ2v) is 3.72. The van der Waals surface area contributed by atoms with Crippen LogP contribution in [0.25, 0.3) is 0 Å². The zero-order valence-electron chi connectivity index (χ0n) is 6.79. The zero-order valence-corrected chi connectivity index (χ0v) is 6.79. The van der Waals surface area contributed by atoms with Crippen molar-refractivity contribution in [2.24, 2.45) is 10.7 Å². The average Bonchev–Trinajstić information content (AvgIpc) is 2.84. The van der Waals surface area contributed by atoms with E-state index in [4.69, 9.17) is 10.5 Å². The van der Waals surface area contributed by atoms with Crippen molar-refractivity contribution in [1.29, 1.82) is 0 Å². The van der Waals surface area contributed by atoms with Gasteiger partial charge in [0.25, 0.3) is 0 Å². The molecule has 2 bridgehead atoms. The number of nitrogens with zero attached hydrogens (tertiary/aromatic N) is 1. The first-order chi connectivity index (χ1) is 6.18. The molecule has 1 aliphatic carbocycles. The second-order valence-electron chi connectivity index (χ2n) is 3.72. The van der Waals surface area contributed by atoms with Crippen LogP contribution in [-0.4, -0.2) is 52.7 Å². The Morgan fingerprint density at radius 3 is 2.85 bits per heavy atom. The molecule has 6 heteroatoms. The highest BCUT2D eigenvalue weighted by Crippen LogP contribution is 2.39. The summed E-state index contributed by atoms with van der Waals surface area (Å²) in [6.07, 6.45) is -1.72. The second kappa shape index (κ2) is 2.14. The molecule has 13 heavy (non-hydrogen) atoms. The van der Waals surface area contributed by atoms with Crippen LogP contribution in [0.15, 0.2) is 4.99 Å². The fraction of sp³-hybridized carbons (Fsp3) is 0.857. The largest absolute Gasteiger partial charge is 0.389 e. The van der Waals surface area contributed by atoms with E-state index in [1.165, 1.54) is 0 Å². The molecule has 6 nitrogen and oxygen atoms in total. The van der Waals surface area contributed by atoms with Crippen molar-refractivity contribution in [3.8, 4) is 0 Å². The zero-order chi connectivity index (χ0) is 9.16. The van der Waals surface area contributed by atoms with Gasteiger partial charge < -0.3 is 26.0 Å². The Kier molecular flexibility index (Phi) is 1.24. The molecule has 72 valence electrons. The minimum Gasteiger partial charge on any atom is -0.389 e. The molecule has 0 aromatic rings. The van der Waals surface area contributed by atoms with Crippen LogP contribution < -0.4 is 11.1 Å². The summed E-state index contributed by atoms with van der Waals surface area (Å²) in [5, 5.41) is 22.2. The van der Waals surface area contributed by atoms with Gasteiger partial charge in [-0.25, -0.2) is 4.99 Å². The van der Waals surface area contributed by atoms with Crippen LogP contribution in [0.2, 0.25) is 0 Å². The monoisotopic (exact) mass is 185 g/mol. The van der Waals surface area contributed by atoms with Crippen LogP contribution in [-0.2, 0) is 4.74 Å². The lowest BCUT2D eigenvalue weighted by Crippen LogP contribution is -2.64. The van der Waals surface area contributed by atoms with Gasteiger partial charge in [-0.2, -0.15) is 0 Å². The minimum absolute atomic E-state index is 0.115. The number of nitrogens with one attached hydrogen (secondary N) is 1. The van der Waals surface area contributed by atoms with Gasteiger partial charge in [0.1, 0.15) is 30.5 Å². The van der Waals surface area contributed by atoms with E-state index in [0.717, 1.165) is 0 Å². The highest BCUT2D eigenvalue weighted by molar-refractivity contribution is 5.79. The first kappa shape index (κ1) is 7.54. The summed E-state index contributed by atoms with van der Waals surface area (Å²) in [6, 6.07) is -0.745. The average molecular weight is 185 g/mol. The topological polar surface area (TPSA) is 103 Å². The Balaban J connectivity index is 1.98. The molecule has 2 aliphatic heterocycles. The van der Waals surface area contributed by atoms with Crippen molar-refractivity contribution in [2.45, 2.75) is 36.5 Å². The highest BCUT2D eigenvalue weighted by atomic mass is 16.6. The van der Waals surface area contributed by atoms with E-state index in [1.54, 1.807) is 0 Å². The third kappa shape index (κ3) is 0.849. The fourth-order valence-electron chi connectivity index (χ4n) is 2.19. The van der Waals surface area contributed by atoms with Crippen molar-refractivity contribution in [2.75, 3.05) is 0 Å². The smallest absolute Gasteiger partial charge is 0.189 e. The fourth-order valence-corrected chi connectivity index (χ4v) is 2.19. The van der Waals surface area contributed by atoms with E-state index in [1.807, 2.05) is 0 Å². The summed E-state index contributed by atoms with van der Waals surface area (Å²) in [7, 11) is 0. The van der Waals surface area contributed by atoms with Gasteiger partial charge in [0.2, 0.25) is 0 Å². The van der Waals surface area contributed by atoms with Crippen LogP contribution in [0.3, 0.4) is 0 Å². The van der Waals surface area contributed by atoms with Crippen LogP contribution in [0.1, 0.15) is 0 Å². The number of hydrogen-bond acceptors (Lipinski definition) is 6. The maximum absolute atomic E-state index is 9.71. The van der Waals surface area contributed by atoms with Crippen LogP contribution >= 0.6 is 0 Å². The summed E-state index contributed by atoms with van der Waals surface area (Å²) < 4.78 is 5.22. The third-order valence-electron chi connectivity index (χ3n) is 2.92. The molecular formula is C7H11N3O3. The summed E-state index contributed by atoms with van der Waals surface area (Å²) >= 11 is 0. The Morgan fingerprint density at radius 1 is 1.31 bits per heavy atom. The number of rotatable bonds is 0. The number of epoxide rings is 1.